The zero-order valence-corrected chi connectivity index (χ0v) is 11.9. The molecule has 1 aromatic rings. The minimum atomic E-state index is -0.192. The van der Waals surface area contributed by atoms with Gasteiger partial charge >= 0.3 is 6.03 Å². The van der Waals surface area contributed by atoms with Crippen LogP contribution in [0.2, 0.25) is 0 Å². The number of benzene rings is 1. The number of oxime groups is 1. The van der Waals surface area contributed by atoms with Gasteiger partial charge in [0.15, 0.2) is 0 Å². The molecule has 1 aromatic carbocycles. The van der Waals surface area contributed by atoms with E-state index in [-0.39, 0.29) is 17.8 Å². The molecule has 6 heteroatoms. The normalized spacial score (nSPS) is 12.8. The number of nitrogens with one attached hydrogen (secondary N) is 1. The first-order chi connectivity index (χ1) is 9.58. The third kappa shape index (κ3) is 4.79. The summed E-state index contributed by atoms with van der Waals surface area (Å²) in [5, 5.41) is 14.4. The van der Waals surface area contributed by atoms with Crippen LogP contribution in [-0.2, 0) is 6.54 Å². The lowest BCUT2D eigenvalue weighted by molar-refractivity contribution is 0.196. The van der Waals surface area contributed by atoms with Crippen molar-refractivity contribution in [3.05, 3.63) is 35.9 Å². The topological polar surface area (TPSA) is 90.9 Å². The van der Waals surface area contributed by atoms with E-state index in [1.807, 2.05) is 44.2 Å². The number of rotatable bonds is 6. The van der Waals surface area contributed by atoms with Crippen LogP contribution in [0.4, 0.5) is 4.79 Å². The third-order valence-electron chi connectivity index (χ3n) is 3.07. The summed E-state index contributed by atoms with van der Waals surface area (Å²) in [6, 6.07) is 9.54. The van der Waals surface area contributed by atoms with Crippen molar-refractivity contribution in [1.29, 1.82) is 0 Å². The number of carbonyl (C=O) groups excluding carboxylic acids is 1. The zero-order valence-electron chi connectivity index (χ0n) is 11.9. The van der Waals surface area contributed by atoms with Gasteiger partial charge in [-0.15, -0.1) is 0 Å². The predicted octanol–water partition coefficient (Wildman–Crippen LogP) is 1.60. The van der Waals surface area contributed by atoms with Gasteiger partial charge in [0.1, 0.15) is 5.84 Å². The fraction of sp³-hybridized carbons (Fsp3) is 0.429. The lowest BCUT2D eigenvalue weighted by Gasteiger charge is -2.24. The minimum Gasteiger partial charge on any atom is -0.409 e. The van der Waals surface area contributed by atoms with E-state index in [2.05, 4.69) is 10.5 Å². The molecule has 0 aliphatic carbocycles. The van der Waals surface area contributed by atoms with Gasteiger partial charge in [-0.25, -0.2) is 4.79 Å². The molecule has 2 amide bonds. The van der Waals surface area contributed by atoms with Crippen LogP contribution in [0.15, 0.2) is 35.5 Å². The quantitative estimate of drug-likeness (QED) is 0.319. The predicted molar refractivity (Wildman–Crippen MR) is 78.5 cm³/mol. The molecule has 0 heterocycles. The highest BCUT2D eigenvalue weighted by Gasteiger charge is 2.17. The molecule has 1 rings (SSSR count). The van der Waals surface area contributed by atoms with Crippen LogP contribution in [0.5, 0.6) is 0 Å². The molecule has 1 unspecified atom stereocenters. The van der Waals surface area contributed by atoms with E-state index in [1.54, 1.807) is 4.90 Å². The van der Waals surface area contributed by atoms with Crippen LogP contribution < -0.4 is 11.1 Å². The highest BCUT2D eigenvalue weighted by molar-refractivity contribution is 5.83. The van der Waals surface area contributed by atoms with E-state index >= 15 is 0 Å². The van der Waals surface area contributed by atoms with Gasteiger partial charge in [0.2, 0.25) is 0 Å². The van der Waals surface area contributed by atoms with E-state index in [4.69, 9.17) is 10.9 Å². The first-order valence-electron chi connectivity index (χ1n) is 6.62. The molecule has 6 nitrogen and oxygen atoms in total. The van der Waals surface area contributed by atoms with Crippen LogP contribution in [0.25, 0.3) is 0 Å². The van der Waals surface area contributed by atoms with Gasteiger partial charge < -0.3 is 21.2 Å². The van der Waals surface area contributed by atoms with E-state index in [0.717, 1.165) is 5.56 Å². The van der Waals surface area contributed by atoms with E-state index in [1.165, 1.54) is 0 Å². The Bertz CT molecular complexity index is 448. The number of nitrogens with zero attached hydrogens (tertiary/aromatic N) is 2. The molecule has 0 saturated carbocycles. The second-order valence-corrected chi connectivity index (χ2v) is 4.61. The molecule has 0 radical (unpaired) electrons. The van der Waals surface area contributed by atoms with Crippen LogP contribution in [-0.4, -0.2) is 35.1 Å². The number of carbonyl (C=O) groups is 1. The lowest BCUT2D eigenvalue weighted by Crippen LogP contribution is -2.43. The van der Waals surface area contributed by atoms with E-state index < -0.39 is 0 Å². The average Bonchev–Trinajstić information content (AvgIpc) is 2.50. The average molecular weight is 278 g/mol. The maximum Gasteiger partial charge on any atom is 0.317 e. The number of urea groups is 1. The van der Waals surface area contributed by atoms with Crippen molar-refractivity contribution in [3.63, 3.8) is 0 Å². The Morgan fingerprint density at radius 2 is 2.10 bits per heavy atom. The smallest absolute Gasteiger partial charge is 0.317 e. The molecular weight excluding hydrogens is 256 g/mol. The fourth-order valence-electron chi connectivity index (χ4n) is 1.76. The maximum atomic E-state index is 12.1. The molecule has 20 heavy (non-hydrogen) atoms. The van der Waals surface area contributed by atoms with Gasteiger partial charge in [0.25, 0.3) is 0 Å². The van der Waals surface area contributed by atoms with Crippen LogP contribution in [0, 0.1) is 5.92 Å². The first kappa shape index (κ1) is 15.8. The van der Waals surface area contributed by atoms with E-state index in [9.17, 15) is 4.79 Å². The summed E-state index contributed by atoms with van der Waals surface area (Å²) >= 11 is 0. The Balaban J connectivity index is 2.51. The van der Waals surface area contributed by atoms with Gasteiger partial charge in [-0.1, -0.05) is 42.4 Å². The standard InChI is InChI=1S/C14H22N4O2/c1-3-18(10-11(2)13(15)17-20)14(19)16-9-12-7-5-4-6-8-12/h4-8,11,20H,3,9-10H2,1-2H3,(H2,15,17)(H,16,19). The Morgan fingerprint density at radius 1 is 1.45 bits per heavy atom. The van der Waals surface area contributed by atoms with Crippen molar-refractivity contribution >= 4 is 11.9 Å². The van der Waals surface area contributed by atoms with Crippen molar-refractivity contribution in [1.82, 2.24) is 10.2 Å². The van der Waals surface area contributed by atoms with Crippen molar-refractivity contribution in [2.24, 2.45) is 16.8 Å². The van der Waals surface area contributed by atoms with Gasteiger partial charge in [0, 0.05) is 25.6 Å². The molecule has 0 aliphatic heterocycles. The van der Waals surface area contributed by atoms with Crippen LogP contribution in [0.3, 0.4) is 0 Å². The number of amidine groups is 1. The van der Waals surface area contributed by atoms with Crippen LogP contribution in [0.1, 0.15) is 19.4 Å². The summed E-state index contributed by atoms with van der Waals surface area (Å²) in [4.78, 5) is 13.7. The second kappa shape index (κ2) is 8.04. The maximum absolute atomic E-state index is 12.1. The van der Waals surface area contributed by atoms with Crippen molar-refractivity contribution in [2.45, 2.75) is 20.4 Å². The Kier molecular flexibility index (Phi) is 6.36. The molecule has 1 atom stereocenters. The van der Waals surface area contributed by atoms with Crippen LogP contribution >= 0.6 is 0 Å². The zero-order chi connectivity index (χ0) is 15.0. The Morgan fingerprint density at radius 3 is 2.65 bits per heavy atom. The van der Waals surface area contributed by atoms with E-state index in [0.29, 0.717) is 19.6 Å². The van der Waals surface area contributed by atoms with Gasteiger partial charge in [0.05, 0.1) is 0 Å². The molecule has 0 bridgehead atoms. The number of hydrogen-bond acceptors (Lipinski definition) is 3. The molecule has 110 valence electrons. The van der Waals surface area contributed by atoms with Gasteiger partial charge in [-0.3, -0.25) is 0 Å². The Hall–Kier alpha value is -2.24. The second-order valence-electron chi connectivity index (χ2n) is 4.61. The first-order valence-corrected chi connectivity index (χ1v) is 6.62. The summed E-state index contributed by atoms with van der Waals surface area (Å²) < 4.78 is 0. The number of nitrogens with two attached hydrogens (primary N) is 1. The fourth-order valence-corrected chi connectivity index (χ4v) is 1.76. The molecule has 0 spiro atoms. The summed E-state index contributed by atoms with van der Waals surface area (Å²) in [5.74, 6) is -0.0678. The summed E-state index contributed by atoms with van der Waals surface area (Å²) in [6.45, 7) is 5.15. The highest BCUT2D eigenvalue weighted by Crippen LogP contribution is 2.02. The van der Waals surface area contributed by atoms with Gasteiger partial charge in [-0.2, -0.15) is 0 Å². The molecule has 0 aromatic heterocycles. The van der Waals surface area contributed by atoms with Gasteiger partial charge in [-0.05, 0) is 12.5 Å². The summed E-state index contributed by atoms with van der Waals surface area (Å²) in [6.07, 6.45) is 0. The summed E-state index contributed by atoms with van der Waals surface area (Å²) in [5.41, 5.74) is 6.57. The van der Waals surface area contributed by atoms with Crippen molar-refractivity contribution in [2.75, 3.05) is 13.1 Å². The number of hydrogen-bond donors (Lipinski definition) is 3. The third-order valence-corrected chi connectivity index (χ3v) is 3.07. The molecule has 4 N–H and O–H groups in total. The van der Waals surface area contributed by atoms with Crippen molar-refractivity contribution in [3.8, 4) is 0 Å². The minimum absolute atomic E-state index is 0.124. The highest BCUT2D eigenvalue weighted by atomic mass is 16.4. The number of amides is 2. The Labute approximate surface area is 119 Å². The largest absolute Gasteiger partial charge is 0.409 e. The van der Waals surface area contributed by atoms with Crippen molar-refractivity contribution < 1.29 is 10.0 Å². The summed E-state index contributed by atoms with van der Waals surface area (Å²) in [7, 11) is 0. The SMILES string of the molecule is CCN(CC(C)/C(N)=N/O)C(=O)NCc1ccccc1. The molecule has 0 aliphatic rings. The molecular formula is C14H22N4O2. The molecule has 0 fully saturated rings. The lowest BCUT2D eigenvalue weighted by atomic mass is 10.1. The molecule has 0 saturated heterocycles. The monoisotopic (exact) mass is 278 g/mol.